The second kappa shape index (κ2) is 9.23. The minimum atomic E-state index is -0.435. The van der Waals surface area contributed by atoms with Crippen LogP contribution in [-0.4, -0.2) is 51.9 Å². The summed E-state index contributed by atoms with van der Waals surface area (Å²) in [5.41, 5.74) is 8.59. The van der Waals surface area contributed by atoms with Crippen molar-refractivity contribution in [3.63, 3.8) is 0 Å². The molecule has 3 N–H and O–H groups in total. The highest BCUT2D eigenvalue weighted by atomic mass is 19.1. The maximum Gasteiger partial charge on any atom is 0.272 e. The molecule has 1 saturated heterocycles. The molecule has 1 amide bonds. The zero-order valence-electron chi connectivity index (χ0n) is 17.9. The molecule has 0 aliphatic carbocycles. The van der Waals surface area contributed by atoms with Gasteiger partial charge in [-0.3, -0.25) is 9.79 Å². The number of benzene rings is 1. The van der Waals surface area contributed by atoms with Gasteiger partial charge in [-0.2, -0.15) is 0 Å². The van der Waals surface area contributed by atoms with Gasteiger partial charge in [-0.15, -0.1) is 0 Å². The number of halogens is 1. The number of aliphatic imine (C=N–C) groups is 1. The second-order valence-corrected chi connectivity index (χ2v) is 7.52. The molecule has 1 atom stereocenters. The van der Waals surface area contributed by atoms with Gasteiger partial charge in [-0.05, 0) is 35.7 Å². The van der Waals surface area contributed by atoms with E-state index in [1.54, 1.807) is 19.3 Å². The number of carbonyl (C=O) groups is 1. The number of carbonyl (C=O) groups excluding carboxylic acids is 1. The molecular weight excluding hydrogens is 413 g/mol. The minimum Gasteiger partial charge on any atom is -0.404 e. The smallest absolute Gasteiger partial charge is 0.272 e. The molecule has 2 aromatic heterocycles. The second-order valence-electron chi connectivity index (χ2n) is 7.52. The monoisotopic (exact) mass is 437 g/mol. The number of hydrogen-bond acceptors (Lipinski definition) is 7. The van der Waals surface area contributed by atoms with Crippen LogP contribution in [0.4, 0.5) is 4.39 Å². The summed E-state index contributed by atoms with van der Waals surface area (Å²) in [5, 5.41) is 2.81. The average molecular weight is 437 g/mol. The number of amides is 1. The predicted octanol–water partition coefficient (Wildman–Crippen LogP) is 1.94. The molecule has 3 heterocycles. The third-order valence-electron chi connectivity index (χ3n) is 5.40. The van der Waals surface area contributed by atoms with Crippen molar-refractivity contribution in [1.82, 2.24) is 24.8 Å². The number of aromatic nitrogens is 4. The van der Waals surface area contributed by atoms with Crippen molar-refractivity contribution in [2.45, 2.75) is 18.9 Å². The van der Waals surface area contributed by atoms with Gasteiger partial charge in [0, 0.05) is 51.2 Å². The van der Waals surface area contributed by atoms with E-state index in [1.807, 2.05) is 11.6 Å². The Morgan fingerprint density at radius 1 is 1.41 bits per heavy atom. The highest BCUT2D eigenvalue weighted by Gasteiger charge is 2.26. The van der Waals surface area contributed by atoms with Crippen LogP contribution < -0.4 is 11.1 Å². The van der Waals surface area contributed by atoms with Crippen molar-refractivity contribution in [2.75, 3.05) is 20.3 Å². The van der Waals surface area contributed by atoms with Gasteiger partial charge in [-0.25, -0.2) is 19.3 Å². The summed E-state index contributed by atoms with van der Waals surface area (Å²) in [7, 11) is 3.45. The fourth-order valence-electron chi connectivity index (χ4n) is 3.87. The Morgan fingerprint density at radius 3 is 2.97 bits per heavy atom. The Balaban J connectivity index is 1.58. The van der Waals surface area contributed by atoms with Crippen LogP contribution in [0, 0.1) is 5.82 Å². The summed E-state index contributed by atoms with van der Waals surface area (Å²) in [5.74, 6) is 0.146. The Labute approximate surface area is 184 Å². The lowest BCUT2D eigenvalue weighted by atomic mass is 10.0. The Morgan fingerprint density at radius 2 is 2.25 bits per heavy atom. The maximum absolute atomic E-state index is 14.2. The van der Waals surface area contributed by atoms with E-state index in [4.69, 9.17) is 10.5 Å². The lowest BCUT2D eigenvalue weighted by Crippen LogP contribution is -2.25. The predicted molar refractivity (Wildman–Crippen MR) is 119 cm³/mol. The first-order chi connectivity index (χ1) is 15.5. The maximum atomic E-state index is 14.2. The van der Waals surface area contributed by atoms with E-state index in [1.165, 1.54) is 24.7 Å². The van der Waals surface area contributed by atoms with Crippen LogP contribution in [0.25, 0.3) is 16.7 Å². The molecule has 10 heteroatoms. The van der Waals surface area contributed by atoms with Crippen LogP contribution in [0.2, 0.25) is 0 Å². The van der Waals surface area contributed by atoms with Crippen LogP contribution in [0.1, 0.15) is 39.8 Å². The van der Waals surface area contributed by atoms with Gasteiger partial charge < -0.3 is 20.4 Å². The number of aryl methyl sites for hydroxylation is 1. The summed E-state index contributed by atoms with van der Waals surface area (Å²) >= 11 is 0. The Hall–Kier alpha value is -3.66. The largest absolute Gasteiger partial charge is 0.404 e. The van der Waals surface area contributed by atoms with Crippen molar-refractivity contribution >= 4 is 28.9 Å². The zero-order chi connectivity index (χ0) is 22.7. The SMILES string of the molecule is CN=CC(=CN)c1cc(F)cc(CNC(=O)c2ncnc3nc(C4CCOC4)n(C)c23)c1. The molecule has 3 aromatic rings. The molecule has 1 unspecified atom stereocenters. The van der Waals surface area contributed by atoms with Crippen molar-refractivity contribution < 1.29 is 13.9 Å². The lowest BCUT2D eigenvalue weighted by Gasteiger charge is -2.10. The number of nitrogens with zero attached hydrogens (tertiary/aromatic N) is 5. The number of fused-ring (bicyclic) bond motifs is 1. The van der Waals surface area contributed by atoms with E-state index in [9.17, 15) is 9.18 Å². The summed E-state index contributed by atoms with van der Waals surface area (Å²) in [6.07, 6.45) is 5.10. The first-order valence-corrected chi connectivity index (χ1v) is 10.2. The van der Waals surface area contributed by atoms with Gasteiger partial charge in [0.2, 0.25) is 0 Å². The molecule has 32 heavy (non-hydrogen) atoms. The van der Waals surface area contributed by atoms with E-state index in [-0.39, 0.29) is 18.2 Å². The Bertz CT molecular complexity index is 1210. The summed E-state index contributed by atoms with van der Waals surface area (Å²) in [4.78, 5) is 29.9. The van der Waals surface area contributed by atoms with Crippen molar-refractivity contribution in [1.29, 1.82) is 0 Å². The molecule has 1 aliphatic heterocycles. The first-order valence-electron chi connectivity index (χ1n) is 10.2. The van der Waals surface area contributed by atoms with Crippen LogP contribution in [0.15, 0.2) is 35.7 Å². The normalized spacial score (nSPS) is 16.8. The van der Waals surface area contributed by atoms with E-state index in [0.717, 1.165) is 12.2 Å². The molecule has 1 aliphatic rings. The summed E-state index contributed by atoms with van der Waals surface area (Å²) < 4.78 is 21.5. The molecule has 4 rings (SSSR count). The number of imidazole rings is 1. The fraction of sp³-hybridized carbons (Fsp3) is 0.318. The highest BCUT2D eigenvalue weighted by molar-refractivity contribution is 6.09. The van der Waals surface area contributed by atoms with E-state index in [2.05, 4.69) is 25.3 Å². The van der Waals surface area contributed by atoms with Crippen LogP contribution in [-0.2, 0) is 18.3 Å². The molecule has 0 spiro atoms. The molecule has 0 saturated carbocycles. The van der Waals surface area contributed by atoms with Gasteiger partial charge in [0.05, 0.1) is 6.61 Å². The third kappa shape index (κ3) is 4.22. The van der Waals surface area contributed by atoms with Gasteiger partial charge in [0.25, 0.3) is 5.91 Å². The van der Waals surface area contributed by atoms with Gasteiger partial charge >= 0.3 is 0 Å². The summed E-state index contributed by atoms with van der Waals surface area (Å²) in [6, 6.07) is 4.48. The summed E-state index contributed by atoms with van der Waals surface area (Å²) in [6.45, 7) is 1.39. The van der Waals surface area contributed by atoms with Gasteiger partial charge in [-0.1, -0.05) is 0 Å². The van der Waals surface area contributed by atoms with Crippen LogP contribution in [0.5, 0.6) is 0 Å². The molecule has 9 nitrogen and oxygen atoms in total. The highest BCUT2D eigenvalue weighted by Crippen LogP contribution is 2.27. The average Bonchev–Trinajstić information content (AvgIpc) is 3.43. The molecule has 1 fully saturated rings. The molecule has 1 aromatic carbocycles. The van der Waals surface area contributed by atoms with Gasteiger partial charge in [0.15, 0.2) is 11.3 Å². The standard InChI is InChI=1S/C22H24FN7O2/c1-25-10-16(8-24)15-5-13(6-17(23)7-15)9-26-22(31)18-19-20(28-12-27-18)29-21(30(19)2)14-3-4-32-11-14/h5-8,10,12,14H,3-4,9,11,24H2,1-2H3,(H,26,31). The number of rotatable bonds is 6. The molecule has 166 valence electrons. The van der Waals surface area contributed by atoms with Gasteiger partial charge in [0.1, 0.15) is 23.5 Å². The minimum absolute atomic E-state index is 0.109. The number of hydrogen-bond donors (Lipinski definition) is 2. The number of ether oxygens (including phenoxy) is 1. The number of allylic oxidation sites excluding steroid dienone is 1. The molecule has 0 radical (unpaired) electrons. The Kier molecular flexibility index (Phi) is 6.22. The van der Waals surface area contributed by atoms with E-state index < -0.39 is 11.7 Å². The number of nitrogens with two attached hydrogens (primary N) is 1. The molecular formula is C22H24FN7O2. The fourth-order valence-corrected chi connectivity index (χ4v) is 3.87. The lowest BCUT2D eigenvalue weighted by molar-refractivity contribution is 0.0947. The van der Waals surface area contributed by atoms with Crippen molar-refractivity contribution in [2.24, 2.45) is 17.8 Å². The van der Waals surface area contributed by atoms with E-state index in [0.29, 0.717) is 41.1 Å². The number of nitrogens with one attached hydrogen (secondary N) is 1. The van der Waals surface area contributed by atoms with Crippen molar-refractivity contribution in [3.8, 4) is 0 Å². The molecule has 0 bridgehead atoms. The van der Waals surface area contributed by atoms with Crippen molar-refractivity contribution in [3.05, 3.63) is 59.2 Å². The zero-order valence-corrected chi connectivity index (χ0v) is 17.9. The van der Waals surface area contributed by atoms with Crippen LogP contribution in [0.3, 0.4) is 0 Å². The topological polar surface area (TPSA) is 120 Å². The van der Waals surface area contributed by atoms with E-state index >= 15 is 0 Å². The quantitative estimate of drug-likeness (QED) is 0.569. The van der Waals surface area contributed by atoms with Crippen LogP contribution >= 0.6 is 0 Å². The first kappa shape index (κ1) is 21.6. The third-order valence-corrected chi connectivity index (χ3v) is 5.40.